The molecule has 34 heavy (non-hydrogen) atoms. The van der Waals surface area contributed by atoms with Crippen molar-refractivity contribution in [2.24, 2.45) is 9.98 Å². The molecule has 0 aliphatic carbocycles. The summed E-state index contributed by atoms with van der Waals surface area (Å²) in [4.78, 5) is 33.2. The second-order valence-corrected chi connectivity index (χ2v) is 7.87. The number of ketones is 2. The fourth-order valence-electron chi connectivity index (χ4n) is 3.10. The van der Waals surface area contributed by atoms with E-state index in [9.17, 15) is 19.8 Å². The number of carbonyl (C=O) groups excluding carboxylic acids is 2. The van der Waals surface area contributed by atoms with Crippen LogP contribution >= 0.6 is 0 Å². The molecule has 0 unspecified atom stereocenters. The summed E-state index contributed by atoms with van der Waals surface area (Å²) in [5, 5.41) is 20.1. The van der Waals surface area contributed by atoms with Crippen molar-refractivity contribution < 1.29 is 36.9 Å². The number of nitrogens with zero attached hydrogens (tertiary/aromatic N) is 2. The normalized spacial score (nSPS) is 13.7. The standard InChI is InChI=1S/C27H30N2O4.Fe/c1-19(14-24(30)16-26(32)22-10-6-4-7-11-22)28-18-21(3)29-20(2)15-25(31)17-27(33)23-12-8-5-9-13-23;/h4-13,16-17,21,32-33H,14-15,18H2,1-3H3;/b26-16-,27-17-,28-19?,29-20?;/t21-;/m0./s1. The third-order valence-corrected chi connectivity index (χ3v) is 4.66. The van der Waals surface area contributed by atoms with Gasteiger partial charge in [0.05, 0.1) is 12.6 Å². The van der Waals surface area contributed by atoms with Gasteiger partial charge < -0.3 is 10.2 Å². The number of hydrogen-bond donors (Lipinski definition) is 2. The molecular weight excluding hydrogens is 472 g/mol. The van der Waals surface area contributed by atoms with Gasteiger partial charge in [0, 0.05) is 64.6 Å². The van der Waals surface area contributed by atoms with Crippen LogP contribution in [0.25, 0.3) is 11.5 Å². The van der Waals surface area contributed by atoms with Crippen LogP contribution in [0.5, 0.6) is 0 Å². The first kappa shape index (κ1) is 28.8. The molecular formula is C27H30FeN2O4. The van der Waals surface area contributed by atoms with Crippen LogP contribution < -0.4 is 0 Å². The summed E-state index contributed by atoms with van der Waals surface area (Å²) in [6, 6.07) is 17.6. The molecule has 0 aliphatic rings. The van der Waals surface area contributed by atoms with Crippen LogP contribution in [0.1, 0.15) is 44.7 Å². The average molecular weight is 502 g/mol. The van der Waals surface area contributed by atoms with Gasteiger partial charge in [0.15, 0.2) is 11.6 Å². The molecule has 2 N–H and O–H groups in total. The molecule has 6 nitrogen and oxygen atoms in total. The van der Waals surface area contributed by atoms with Gasteiger partial charge in [0.1, 0.15) is 11.5 Å². The Labute approximate surface area is 211 Å². The Kier molecular flexibility index (Phi) is 12.5. The quantitative estimate of drug-likeness (QED) is 0.186. The zero-order chi connectivity index (χ0) is 24.2. The Morgan fingerprint density at radius 1 is 0.794 bits per heavy atom. The molecule has 0 saturated carbocycles. The van der Waals surface area contributed by atoms with Gasteiger partial charge in [0.2, 0.25) is 0 Å². The number of carbonyl (C=O) groups is 2. The van der Waals surface area contributed by atoms with Crippen molar-refractivity contribution in [3.05, 3.63) is 83.9 Å². The van der Waals surface area contributed by atoms with Crippen LogP contribution in [0, 0.1) is 0 Å². The summed E-state index contributed by atoms with van der Waals surface area (Å²) in [6.45, 7) is 5.78. The number of aliphatic hydroxyl groups excluding tert-OH is 2. The van der Waals surface area contributed by atoms with E-state index in [1.54, 1.807) is 62.4 Å². The van der Waals surface area contributed by atoms with Crippen molar-refractivity contribution in [1.82, 2.24) is 0 Å². The zero-order valence-electron chi connectivity index (χ0n) is 19.6. The predicted octanol–water partition coefficient (Wildman–Crippen LogP) is 5.41. The Bertz CT molecular complexity index is 1070. The Morgan fingerprint density at radius 3 is 1.65 bits per heavy atom. The van der Waals surface area contributed by atoms with Gasteiger partial charge in [-0.2, -0.15) is 0 Å². The Balaban J connectivity index is 0.00000578. The predicted molar refractivity (Wildman–Crippen MR) is 134 cm³/mol. The topological polar surface area (TPSA) is 99.3 Å². The molecule has 0 radical (unpaired) electrons. The van der Waals surface area contributed by atoms with Crippen LogP contribution in [0.15, 0.2) is 82.8 Å². The molecule has 0 bridgehead atoms. The fourth-order valence-corrected chi connectivity index (χ4v) is 3.10. The van der Waals surface area contributed by atoms with Gasteiger partial charge in [-0.25, -0.2) is 0 Å². The average Bonchev–Trinajstić information content (AvgIpc) is 2.78. The van der Waals surface area contributed by atoms with E-state index in [0.717, 1.165) is 0 Å². The summed E-state index contributed by atoms with van der Waals surface area (Å²) < 4.78 is 0. The van der Waals surface area contributed by atoms with Crippen LogP contribution in [0.2, 0.25) is 0 Å². The number of hydrogen-bond acceptors (Lipinski definition) is 6. The third kappa shape index (κ3) is 10.6. The van der Waals surface area contributed by atoms with Gasteiger partial charge in [-0.3, -0.25) is 19.6 Å². The molecule has 0 aromatic heterocycles. The summed E-state index contributed by atoms with van der Waals surface area (Å²) in [7, 11) is 0. The van der Waals surface area contributed by atoms with Gasteiger partial charge in [-0.1, -0.05) is 60.7 Å². The minimum atomic E-state index is -0.236. The van der Waals surface area contributed by atoms with Crippen LogP contribution in [-0.4, -0.2) is 45.8 Å². The molecule has 2 aromatic rings. The van der Waals surface area contributed by atoms with Crippen molar-refractivity contribution in [3.63, 3.8) is 0 Å². The van der Waals surface area contributed by atoms with Crippen molar-refractivity contribution in [2.75, 3.05) is 6.54 Å². The SMILES string of the molecule is CC(CC(=O)/C=C(\O)c1ccccc1)=NC[C@H](C)N=C(C)CC(=O)/C=C(\O)c1ccccc1.[Fe]. The Hall–Kier alpha value is -3.28. The zero-order valence-corrected chi connectivity index (χ0v) is 20.7. The van der Waals surface area contributed by atoms with Crippen LogP contribution in [0.4, 0.5) is 0 Å². The summed E-state index contributed by atoms with van der Waals surface area (Å²) >= 11 is 0. The van der Waals surface area contributed by atoms with E-state index in [0.29, 0.717) is 29.1 Å². The molecule has 0 saturated heterocycles. The van der Waals surface area contributed by atoms with Gasteiger partial charge in [0.25, 0.3) is 0 Å². The maximum absolute atomic E-state index is 12.2. The molecule has 0 aliphatic heterocycles. The first-order valence-corrected chi connectivity index (χ1v) is 10.8. The first-order chi connectivity index (χ1) is 15.7. The summed E-state index contributed by atoms with van der Waals surface area (Å²) in [5.41, 5.74) is 2.45. The molecule has 0 amide bonds. The molecule has 0 fully saturated rings. The van der Waals surface area contributed by atoms with Gasteiger partial charge in [-0.05, 0) is 20.8 Å². The fraction of sp³-hybridized carbons (Fsp3) is 0.259. The number of aliphatic hydroxyl groups is 2. The van der Waals surface area contributed by atoms with E-state index in [2.05, 4.69) is 9.98 Å². The van der Waals surface area contributed by atoms with Gasteiger partial charge >= 0.3 is 0 Å². The largest absolute Gasteiger partial charge is 0.507 e. The van der Waals surface area contributed by atoms with Crippen molar-refractivity contribution >= 4 is 34.5 Å². The first-order valence-electron chi connectivity index (χ1n) is 10.8. The number of benzene rings is 2. The van der Waals surface area contributed by atoms with Crippen molar-refractivity contribution in [1.29, 1.82) is 0 Å². The molecule has 0 heterocycles. The van der Waals surface area contributed by atoms with E-state index in [1.807, 2.05) is 19.1 Å². The van der Waals surface area contributed by atoms with Crippen molar-refractivity contribution in [2.45, 2.75) is 39.7 Å². The van der Waals surface area contributed by atoms with Crippen molar-refractivity contribution in [3.8, 4) is 0 Å². The minimum absolute atomic E-state index is 0. The molecule has 180 valence electrons. The molecule has 0 spiro atoms. The molecule has 2 aromatic carbocycles. The Morgan fingerprint density at radius 2 is 1.21 bits per heavy atom. The monoisotopic (exact) mass is 502 g/mol. The number of rotatable bonds is 11. The minimum Gasteiger partial charge on any atom is -0.507 e. The van der Waals surface area contributed by atoms with E-state index >= 15 is 0 Å². The molecule has 7 heteroatoms. The van der Waals surface area contributed by atoms with E-state index < -0.39 is 0 Å². The smallest absolute Gasteiger partial charge is 0.164 e. The molecule has 2 rings (SSSR count). The third-order valence-electron chi connectivity index (χ3n) is 4.66. The number of allylic oxidation sites excluding steroid dienone is 2. The second-order valence-electron chi connectivity index (χ2n) is 7.87. The number of aliphatic imine (C=N–C) groups is 2. The summed E-state index contributed by atoms with van der Waals surface area (Å²) in [5.74, 6) is -0.613. The van der Waals surface area contributed by atoms with Crippen LogP contribution in [-0.2, 0) is 26.7 Å². The van der Waals surface area contributed by atoms with Crippen LogP contribution in [0.3, 0.4) is 0 Å². The van der Waals surface area contributed by atoms with E-state index in [-0.39, 0.29) is 59.0 Å². The second kappa shape index (κ2) is 14.8. The molecule has 1 atom stereocenters. The van der Waals surface area contributed by atoms with Gasteiger partial charge in [-0.15, -0.1) is 0 Å². The maximum atomic E-state index is 12.2. The summed E-state index contributed by atoms with van der Waals surface area (Å²) in [6.07, 6.45) is 2.63. The maximum Gasteiger partial charge on any atom is 0.164 e. The van der Waals surface area contributed by atoms with E-state index in [4.69, 9.17) is 0 Å². The van der Waals surface area contributed by atoms with E-state index in [1.165, 1.54) is 12.2 Å².